The highest BCUT2D eigenvalue weighted by Crippen LogP contribution is 2.34. The number of rotatable bonds is 8. The van der Waals surface area contributed by atoms with Gasteiger partial charge in [-0.2, -0.15) is 0 Å². The number of hydrogen-bond acceptors (Lipinski definition) is 2. The van der Waals surface area contributed by atoms with Crippen LogP contribution in [0.4, 0.5) is 22.7 Å². The molecular weight excluding hydrogens is 617 g/mol. The summed E-state index contributed by atoms with van der Waals surface area (Å²) in [6, 6.07) is 47.7. The second-order valence-electron chi connectivity index (χ2n) is 11.7. The van der Waals surface area contributed by atoms with Crippen LogP contribution in [-0.4, -0.2) is 6.54 Å². The van der Waals surface area contributed by atoms with Crippen LogP contribution in [-0.2, 0) is 0 Å². The summed E-state index contributed by atoms with van der Waals surface area (Å²) < 4.78 is 0. The molecule has 1 aliphatic rings. The molecule has 6 rings (SSSR count). The summed E-state index contributed by atoms with van der Waals surface area (Å²) in [6.45, 7) is 11.1. The summed E-state index contributed by atoms with van der Waals surface area (Å²) in [6.07, 6.45) is 28.9. The van der Waals surface area contributed by atoms with Crippen molar-refractivity contribution < 1.29 is 0 Å². The smallest absolute Gasteiger partial charge is 0.0461 e. The van der Waals surface area contributed by atoms with Crippen molar-refractivity contribution in [1.82, 2.24) is 0 Å². The summed E-state index contributed by atoms with van der Waals surface area (Å²) in [5.74, 6) is 0.352. The third kappa shape index (κ3) is 10.3. The summed E-state index contributed by atoms with van der Waals surface area (Å²) in [5, 5.41) is 2.50. The van der Waals surface area contributed by atoms with Crippen LogP contribution in [0, 0.1) is 18.8 Å². The summed E-state index contributed by atoms with van der Waals surface area (Å²) in [7, 11) is 0. The van der Waals surface area contributed by atoms with Crippen molar-refractivity contribution in [2.24, 2.45) is 5.92 Å². The normalized spacial score (nSPS) is 17.2. The molecule has 2 nitrogen and oxygen atoms in total. The topological polar surface area (TPSA) is 6.48 Å². The first-order chi connectivity index (χ1) is 25.2. The molecular formula is C49H48N2. The Morgan fingerprint density at radius 2 is 1.14 bits per heavy atom. The molecule has 0 fully saturated rings. The Balaban J connectivity index is 0.00000141. The highest BCUT2D eigenvalue weighted by atomic mass is 15.1. The lowest BCUT2D eigenvalue weighted by molar-refractivity contribution is 0.935. The lowest BCUT2D eigenvalue weighted by atomic mass is 10.0. The number of benzene rings is 5. The lowest BCUT2D eigenvalue weighted by Crippen LogP contribution is -2.26. The van der Waals surface area contributed by atoms with Crippen molar-refractivity contribution in [3.63, 3.8) is 0 Å². The zero-order valence-corrected chi connectivity index (χ0v) is 29.9. The van der Waals surface area contributed by atoms with Crippen LogP contribution in [0.25, 0.3) is 23.3 Å². The minimum atomic E-state index is 0.352. The van der Waals surface area contributed by atoms with Gasteiger partial charge in [-0.1, -0.05) is 140 Å². The molecule has 5 aromatic carbocycles. The number of hydrogen-bond donors (Lipinski definition) is 0. The van der Waals surface area contributed by atoms with E-state index in [9.17, 15) is 0 Å². The fraction of sp³-hybridized carbons (Fsp3) is 0.102. The molecule has 51 heavy (non-hydrogen) atoms. The third-order valence-corrected chi connectivity index (χ3v) is 8.47. The van der Waals surface area contributed by atoms with E-state index in [1.54, 1.807) is 0 Å². The Morgan fingerprint density at radius 1 is 0.627 bits per heavy atom. The van der Waals surface area contributed by atoms with E-state index in [1.807, 2.05) is 0 Å². The van der Waals surface area contributed by atoms with Crippen LogP contribution < -0.4 is 20.2 Å². The summed E-state index contributed by atoms with van der Waals surface area (Å²) in [5.41, 5.74) is 8.15. The highest BCUT2D eigenvalue weighted by molar-refractivity contribution is 5.75. The quantitative estimate of drug-likeness (QED) is 0.120. The fourth-order valence-corrected chi connectivity index (χ4v) is 5.91. The van der Waals surface area contributed by atoms with E-state index in [2.05, 4.69) is 238 Å². The number of terminal acetylenes is 1. The predicted octanol–water partition coefficient (Wildman–Crippen LogP) is 11.6. The van der Waals surface area contributed by atoms with Gasteiger partial charge in [0.2, 0.25) is 0 Å². The molecule has 2 heteroatoms. The molecule has 0 radical (unpaired) electrons. The van der Waals surface area contributed by atoms with Crippen LogP contribution >= 0.6 is 0 Å². The van der Waals surface area contributed by atoms with Crippen LogP contribution in [0.2, 0.25) is 0 Å². The minimum Gasteiger partial charge on any atom is -0.338 e. The van der Waals surface area contributed by atoms with Gasteiger partial charge < -0.3 is 9.80 Å². The Bertz CT molecular complexity index is 2050. The maximum Gasteiger partial charge on any atom is 0.0461 e. The van der Waals surface area contributed by atoms with Crippen molar-refractivity contribution in [2.75, 3.05) is 16.3 Å². The van der Waals surface area contributed by atoms with Gasteiger partial charge in [0, 0.05) is 35.0 Å². The average molecular weight is 665 g/mol. The summed E-state index contributed by atoms with van der Waals surface area (Å²) in [4.78, 5) is 4.71. The van der Waals surface area contributed by atoms with E-state index in [-0.39, 0.29) is 0 Å². The first kappa shape index (κ1) is 37.5. The minimum absolute atomic E-state index is 0.352. The molecule has 1 atom stereocenters. The molecule has 0 saturated heterocycles. The average Bonchev–Trinajstić information content (AvgIpc) is 3.21. The van der Waals surface area contributed by atoms with Gasteiger partial charge in [0.1, 0.15) is 0 Å². The maximum atomic E-state index is 4.00. The molecule has 0 aliphatic heterocycles. The molecule has 0 heterocycles. The second-order valence-corrected chi connectivity index (χ2v) is 11.7. The molecule has 0 N–H and O–H groups in total. The van der Waals surface area contributed by atoms with E-state index in [1.165, 1.54) is 27.3 Å². The van der Waals surface area contributed by atoms with E-state index in [0.717, 1.165) is 35.7 Å². The van der Waals surface area contributed by atoms with E-state index in [4.69, 9.17) is 0 Å². The zero-order valence-electron chi connectivity index (χ0n) is 29.9. The molecule has 0 aromatic heterocycles. The molecule has 0 spiro atoms. The van der Waals surface area contributed by atoms with Crippen molar-refractivity contribution in [3.8, 4) is 24.0 Å². The number of para-hydroxylation sites is 2. The number of allylic oxidation sites excluding steroid dienone is 7. The van der Waals surface area contributed by atoms with Crippen LogP contribution in [0.3, 0.4) is 0 Å². The molecule has 0 saturated carbocycles. The predicted molar refractivity (Wildman–Crippen MR) is 225 cm³/mol. The van der Waals surface area contributed by atoms with Gasteiger partial charge in [0.25, 0.3) is 0 Å². The van der Waals surface area contributed by atoms with Gasteiger partial charge in [-0.05, 0) is 95.4 Å². The number of nitrogens with zero attached hydrogens (tertiary/aromatic N) is 2. The van der Waals surface area contributed by atoms with E-state index < -0.39 is 0 Å². The Labute approximate surface area is 305 Å². The van der Waals surface area contributed by atoms with Crippen LogP contribution in [0.1, 0.15) is 20.3 Å². The van der Waals surface area contributed by atoms with E-state index in [0.29, 0.717) is 5.92 Å². The third-order valence-electron chi connectivity index (χ3n) is 8.47. The molecule has 0 bridgehead atoms. The van der Waals surface area contributed by atoms with Crippen molar-refractivity contribution in [3.05, 3.63) is 205 Å². The lowest BCUT2D eigenvalue weighted by Gasteiger charge is -2.27. The molecule has 5 aromatic rings. The maximum absolute atomic E-state index is 4.00. The first-order valence-corrected chi connectivity index (χ1v) is 17.3. The van der Waals surface area contributed by atoms with Gasteiger partial charge in [0.15, 0.2) is 0 Å². The standard InChI is InChI=1S/C45H42N2.C2H4.C2H2/c1-3-37-17-14-15-18-38(37)34-35-46(41-19-10-6-11-20-41)42-30-25-39(26-31-42)40-27-32-45(33-28-40)47(43-21-12-7-13-22-43)44-23-9-5-4-8-16-36(2)24-29-44;2*1-2/h3-8,10-34,36H,9,35H2,1-2H3;1-2H2;1-2H/b5-4-,16-8-,29-24-,37-3-,38-34-,44-23+;;. The Kier molecular flexibility index (Phi) is 14.9. The second kappa shape index (κ2) is 20.3. The van der Waals surface area contributed by atoms with Gasteiger partial charge in [-0.3, -0.25) is 0 Å². The van der Waals surface area contributed by atoms with Gasteiger partial charge in [0.05, 0.1) is 0 Å². The van der Waals surface area contributed by atoms with Gasteiger partial charge in [-0.25, -0.2) is 0 Å². The monoisotopic (exact) mass is 664 g/mol. The highest BCUT2D eigenvalue weighted by Gasteiger charge is 2.14. The van der Waals surface area contributed by atoms with Crippen molar-refractivity contribution in [1.29, 1.82) is 0 Å². The van der Waals surface area contributed by atoms with Crippen molar-refractivity contribution in [2.45, 2.75) is 20.3 Å². The van der Waals surface area contributed by atoms with E-state index >= 15 is 0 Å². The molecule has 1 unspecified atom stereocenters. The van der Waals surface area contributed by atoms with Crippen LogP contribution in [0.5, 0.6) is 0 Å². The summed E-state index contributed by atoms with van der Waals surface area (Å²) >= 11 is 0. The van der Waals surface area contributed by atoms with Gasteiger partial charge >= 0.3 is 0 Å². The molecule has 254 valence electrons. The molecule has 0 amide bonds. The number of anilines is 4. The zero-order chi connectivity index (χ0) is 36.3. The van der Waals surface area contributed by atoms with Crippen molar-refractivity contribution >= 4 is 34.9 Å². The molecule has 1 aliphatic carbocycles. The van der Waals surface area contributed by atoms with Crippen LogP contribution in [0.15, 0.2) is 195 Å². The SMILES string of the molecule is C#C.C/C=c1/cccc/c1=C/CN(c1ccccc1)c1ccc(-c2ccc(N(C3=C/C/C=C\C=C/C(C)/C=C\3)c3ccccc3)cc2)cc1.C=C. The Hall–Kier alpha value is -6.30. The first-order valence-electron chi connectivity index (χ1n) is 17.3. The van der Waals surface area contributed by atoms with Gasteiger partial charge in [-0.15, -0.1) is 26.0 Å². The largest absolute Gasteiger partial charge is 0.338 e. The fourth-order valence-electron chi connectivity index (χ4n) is 5.91. The Morgan fingerprint density at radius 3 is 1.75 bits per heavy atom.